The lowest BCUT2D eigenvalue weighted by Gasteiger charge is -2.12. The van der Waals surface area contributed by atoms with Crippen molar-refractivity contribution in [2.24, 2.45) is 0 Å². The number of benzene rings is 1. The van der Waals surface area contributed by atoms with E-state index < -0.39 is 17.9 Å². The van der Waals surface area contributed by atoms with Crippen LogP contribution in [0.25, 0.3) is 0 Å². The number of ether oxygens (including phenoxy) is 1. The highest BCUT2D eigenvalue weighted by Crippen LogP contribution is 2.23. The summed E-state index contributed by atoms with van der Waals surface area (Å²) in [6.45, 7) is 2.50. The predicted molar refractivity (Wildman–Crippen MR) is 93.1 cm³/mol. The standard InChI is InChI=1S/C17H20N2O4S/c1-2-23-14-7-4-3-6-12(14)19-17(22)16(21)18-10-9-13(20)15-8-5-11-24-15/h3-8,11,13,20H,2,9-10H2,1H3,(H,18,21)(H,19,22). The number of aliphatic hydroxyl groups excluding tert-OH is 1. The summed E-state index contributed by atoms with van der Waals surface area (Å²) in [6, 6.07) is 10.6. The van der Waals surface area contributed by atoms with Crippen LogP contribution in [-0.4, -0.2) is 30.1 Å². The number of carbonyl (C=O) groups is 2. The maximum absolute atomic E-state index is 11.9. The zero-order valence-electron chi connectivity index (χ0n) is 13.3. The molecule has 24 heavy (non-hydrogen) atoms. The summed E-state index contributed by atoms with van der Waals surface area (Å²) in [5, 5.41) is 16.8. The average molecular weight is 348 g/mol. The van der Waals surface area contributed by atoms with Gasteiger partial charge in [0.1, 0.15) is 5.75 Å². The Bertz CT molecular complexity index is 673. The van der Waals surface area contributed by atoms with Gasteiger partial charge >= 0.3 is 11.8 Å². The van der Waals surface area contributed by atoms with Crippen molar-refractivity contribution in [1.82, 2.24) is 5.32 Å². The van der Waals surface area contributed by atoms with Gasteiger partial charge in [-0.3, -0.25) is 9.59 Å². The predicted octanol–water partition coefficient (Wildman–Crippen LogP) is 2.33. The molecule has 128 valence electrons. The topological polar surface area (TPSA) is 87.7 Å². The van der Waals surface area contributed by atoms with Crippen LogP contribution in [0.3, 0.4) is 0 Å². The number of carbonyl (C=O) groups excluding carboxylic acids is 2. The third-order valence-corrected chi connectivity index (χ3v) is 4.19. The summed E-state index contributed by atoms with van der Waals surface area (Å²) in [7, 11) is 0. The van der Waals surface area contributed by atoms with Gasteiger partial charge in [0.25, 0.3) is 0 Å². The zero-order chi connectivity index (χ0) is 17.4. The number of hydrogen-bond donors (Lipinski definition) is 3. The molecule has 0 aliphatic rings. The van der Waals surface area contributed by atoms with Gasteiger partial charge in [-0.1, -0.05) is 18.2 Å². The van der Waals surface area contributed by atoms with Gasteiger partial charge in [0, 0.05) is 11.4 Å². The molecule has 0 spiro atoms. The van der Waals surface area contributed by atoms with Gasteiger partial charge in [-0.15, -0.1) is 11.3 Å². The van der Waals surface area contributed by atoms with E-state index in [2.05, 4.69) is 10.6 Å². The second kappa shape index (κ2) is 9.05. The number of thiophene rings is 1. The maximum atomic E-state index is 11.9. The highest BCUT2D eigenvalue weighted by atomic mass is 32.1. The Morgan fingerprint density at radius 1 is 1.21 bits per heavy atom. The first-order valence-electron chi connectivity index (χ1n) is 7.64. The quantitative estimate of drug-likeness (QED) is 0.670. The lowest BCUT2D eigenvalue weighted by molar-refractivity contribution is -0.136. The molecule has 1 aromatic heterocycles. The normalized spacial score (nSPS) is 11.6. The summed E-state index contributed by atoms with van der Waals surface area (Å²) in [5.41, 5.74) is 0.443. The highest BCUT2D eigenvalue weighted by molar-refractivity contribution is 7.10. The molecule has 1 atom stereocenters. The number of para-hydroxylation sites is 2. The molecule has 2 aromatic rings. The van der Waals surface area contributed by atoms with Gasteiger partial charge < -0.3 is 20.5 Å². The first-order chi connectivity index (χ1) is 11.6. The van der Waals surface area contributed by atoms with Crippen molar-refractivity contribution in [3.8, 4) is 5.75 Å². The van der Waals surface area contributed by atoms with E-state index in [9.17, 15) is 14.7 Å². The molecule has 0 saturated carbocycles. The van der Waals surface area contributed by atoms with Crippen molar-refractivity contribution >= 4 is 28.8 Å². The minimum atomic E-state index is -0.771. The molecule has 0 aliphatic heterocycles. The molecule has 0 fully saturated rings. The Hall–Kier alpha value is -2.38. The molecule has 6 nitrogen and oxygen atoms in total. The van der Waals surface area contributed by atoms with E-state index in [1.807, 2.05) is 24.4 Å². The number of aliphatic hydroxyl groups is 1. The summed E-state index contributed by atoms with van der Waals surface area (Å²) in [6.07, 6.45) is -0.304. The van der Waals surface area contributed by atoms with Crippen molar-refractivity contribution in [2.75, 3.05) is 18.5 Å². The van der Waals surface area contributed by atoms with Crippen LogP contribution in [-0.2, 0) is 9.59 Å². The van der Waals surface area contributed by atoms with Crippen LogP contribution < -0.4 is 15.4 Å². The number of hydrogen-bond acceptors (Lipinski definition) is 5. The zero-order valence-corrected chi connectivity index (χ0v) is 14.1. The van der Waals surface area contributed by atoms with Crippen LogP contribution in [0.15, 0.2) is 41.8 Å². The number of amides is 2. The third kappa shape index (κ3) is 5.07. The van der Waals surface area contributed by atoms with Gasteiger partial charge in [0.2, 0.25) is 0 Å². The lowest BCUT2D eigenvalue weighted by Crippen LogP contribution is -2.36. The van der Waals surface area contributed by atoms with Crippen molar-refractivity contribution in [2.45, 2.75) is 19.4 Å². The van der Waals surface area contributed by atoms with Crippen LogP contribution in [0.4, 0.5) is 5.69 Å². The largest absolute Gasteiger partial charge is 0.492 e. The molecule has 0 radical (unpaired) electrons. The van der Waals surface area contributed by atoms with E-state index >= 15 is 0 Å². The fraction of sp³-hybridized carbons (Fsp3) is 0.294. The summed E-state index contributed by atoms with van der Waals surface area (Å²) in [4.78, 5) is 24.6. The fourth-order valence-electron chi connectivity index (χ4n) is 2.06. The second-order valence-corrected chi connectivity index (χ2v) is 5.94. The third-order valence-electron chi connectivity index (χ3n) is 3.22. The van der Waals surface area contributed by atoms with Crippen LogP contribution in [0, 0.1) is 0 Å². The molecule has 2 rings (SSSR count). The van der Waals surface area contributed by atoms with E-state index in [0.717, 1.165) is 4.88 Å². The van der Waals surface area contributed by atoms with Gasteiger partial charge in [-0.2, -0.15) is 0 Å². The molecule has 7 heteroatoms. The second-order valence-electron chi connectivity index (χ2n) is 4.96. The Labute approximate surface area is 144 Å². The SMILES string of the molecule is CCOc1ccccc1NC(=O)C(=O)NCCC(O)c1cccs1. The summed E-state index contributed by atoms with van der Waals surface area (Å²) < 4.78 is 5.39. The molecule has 1 heterocycles. The molecule has 1 unspecified atom stereocenters. The number of anilines is 1. The van der Waals surface area contributed by atoms with Gasteiger partial charge in [0.05, 0.1) is 18.4 Å². The van der Waals surface area contributed by atoms with Gasteiger partial charge in [-0.25, -0.2) is 0 Å². The minimum Gasteiger partial charge on any atom is -0.492 e. The Balaban J connectivity index is 1.81. The van der Waals surface area contributed by atoms with Crippen molar-refractivity contribution in [3.63, 3.8) is 0 Å². The Kier molecular flexibility index (Phi) is 6.77. The summed E-state index contributed by atoms with van der Waals surface area (Å²) in [5.74, 6) is -1.01. The Morgan fingerprint density at radius 3 is 2.71 bits per heavy atom. The molecule has 0 aliphatic carbocycles. The number of rotatable bonds is 7. The Morgan fingerprint density at radius 2 is 2.00 bits per heavy atom. The molecule has 2 amide bonds. The maximum Gasteiger partial charge on any atom is 0.313 e. The molecule has 0 bridgehead atoms. The van der Waals surface area contributed by atoms with E-state index in [0.29, 0.717) is 24.5 Å². The van der Waals surface area contributed by atoms with Crippen LogP contribution in [0.5, 0.6) is 5.75 Å². The van der Waals surface area contributed by atoms with E-state index in [1.165, 1.54) is 11.3 Å². The smallest absolute Gasteiger partial charge is 0.313 e. The van der Waals surface area contributed by atoms with E-state index in [1.54, 1.807) is 24.3 Å². The molecule has 0 saturated heterocycles. The first-order valence-corrected chi connectivity index (χ1v) is 8.52. The number of nitrogens with one attached hydrogen (secondary N) is 2. The highest BCUT2D eigenvalue weighted by Gasteiger charge is 2.16. The van der Waals surface area contributed by atoms with Crippen LogP contribution in [0.1, 0.15) is 24.3 Å². The summed E-state index contributed by atoms with van der Waals surface area (Å²) >= 11 is 1.45. The van der Waals surface area contributed by atoms with Crippen molar-refractivity contribution in [3.05, 3.63) is 46.7 Å². The first kappa shape index (κ1) is 18.0. The monoisotopic (exact) mass is 348 g/mol. The minimum absolute atomic E-state index is 0.207. The average Bonchev–Trinajstić information content (AvgIpc) is 3.11. The van der Waals surface area contributed by atoms with E-state index in [-0.39, 0.29) is 6.54 Å². The lowest BCUT2D eigenvalue weighted by atomic mass is 10.2. The van der Waals surface area contributed by atoms with Gasteiger partial charge in [-0.05, 0) is 36.9 Å². The van der Waals surface area contributed by atoms with Crippen molar-refractivity contribution in [1.29, 1.82) is 0 Å². The molecule has 3 N–H and O–H groups in total. The molecule has 1 aromatic carbocycles. The van der Waals surface area contributed by atoms with Crippen LogP contribution in [0.2, 0.25) is 0 Å². The van der Waals surface area contributed by atoms with Gasteiger partial charge in [0.15, 0.2) is 0 Å². The van der Waals surface area contributed by atoms with E-state index in [4.69, 9.17) is 4.74 Å². The molecular weight excluding hydrogens is 328 g/mol. The fourth-order valence-corrected chi connectivity index (χ4v) is 2.80. The van der Waals surface area contributed by atoms with Crippen molar-refractivity contribution < 1.29 is 19.4 Å². The van der Waals surface area contributed by atoms with Crippen LogP contribution >= 0.6 is 11.3 Å². The molecular formula is C17H20N2O4S.